The molecule has 6 nitrogen and oxygen atoms in total. The standard InChI is InChI=1S/C34H29FIN3O3/c1-3-41-32-20-25(19-30(36)33(32)42-22-24-8-7-11-28(35)18-24)21-37-38-34(40)27-13-15-29(16-14-27)39-23(2)12-17-31(39)26-9-5-4-6-10-26/h4-21H,3,22H2,1-2H3,(H,38,40)/b37-21+. The number of rotatable bonds is 10. The Labute approximate surface area is 257 Å². The van der Waals surface area contributed by atoms with Crippen molar-refractivity contribution in [2.24, 2.45) is 5.10 Å². The number of nitrogens with one attached hydrogen (secondary N) is 1. The van der Waals surface area contributed by atoms with E-state index in [9.17, 15) is 9.18 Å². The van der Waals surface area contributed by atoms with E-state index >= 15 is 0 Å². The maximum atomic E-state index is 13.5. The van der Waals surface area contributed by atoms with Gasteiger partial charge in [0, 0.05) is 16.9 Å². The SMILES string of the molecule is CCOc1cc(/C=N/NC(=O)c2ccc(-n3c(C)ccc3-c3ccccc3)cc2)cc(I)c1OCc1cccc(F)c1. The molecule has 1 aromatic heterocycles. The van der Waals surface area contributed by atoms with Gasteiger partial charge in [0.2, 0.25) is 0 Å². The Morgan fingerprint density at radius 1 is 0.952 bits per heavy atom. The molecule has 42 heavy (non-hydrogen) atoms. The molecule has 0 aliphatic heterocycles. The quantitative estimate of drug-likeness (QED) is 0.0931. The lowest BCUT2D eigenvalue weighted by Crippen LogP contribution is -2.17. The first-order valence-corrected chi connectivity index (χ1v) is 14.5. The highest BCUT2D eigenvalue weighted by Gasteiger charge is 2.14. The van der Waals surface area contributed by atoms with Crippen molar-refractivity contribution in [2.45, 2.75) is 20.5 Å². The molecule has 0 radical (unpaired) electrons. The summed E-state index contributed by atoms with van der Waals surface area (Å²) in [6.45, 7) is 4.58. The van der Waals surface area contributed by atoms with Crippen LogP contribution in [-0.4, -0.2) is 23.3 Å². The van der Waals surface area contributed by atoms with Crippen molar-refractivity contribution < 1.29 is 18.7 Å². The number of aromatic nitrogens is 1. The van der Waals surface area contributed by atoms with Crippen LogP contribution in [-0.2, 0) is 6.61 Å². The molecule has 0 fully saturated rings. The van der Waals surface area contributed by atoms with Crippen LogP contribution >= 0.6 is 22.6 Å². The third-order valence-corrected chi connectivity index (χ3v) is 7.32. The minimum Gasteiger partial charge on any atom is -0.490 e. The predicted molar refractivity (Wildman–Crippen MR) is 172 cm³/mol. The zero-order valence-corrected chi connectivity index (χ0v) is 25.3. The summed E-state index contributed by atoms with van der Waals surface area (Å²) >= 11 is 2.16. The number of halogens is 2. The van der Waals surface area contributed by atoms with Gasteiger partial charge in [0.1, 0.15) is 12.4 Å². The highest BCUT2D eigenvalue weighted by atomic mass is 127. The molecular formula is C34H29FIN3O3. The molecule has 0 aliphatic rings. The Morgan fingerprint density at radius 3 is 2.48 bits per heavy atom. The van der Waals surface area contributed by atoms with Crippen molar-refractivity contribution in [3.63, 3.8) is 0 Å². The van der Waals surface area contributed by atoms with E-state index in [2.05, 4.69) is 68.9 Å². The van der Waals surface area contributed by atoms with Gasteiger partial charge in [-0.15, -0.1) is 0 Å². The average molecular weight is 674 g/mol. The van der Waals surface area contributed by atoms with Crippen LogP contribution in [0.1, 0.15) is 34.1 Å². The summed E-state index contributed by atoms with van der Waals surface area (Å²) in [6.07, 6.45) is 1.56. The van der Waals surface area contributed by atoms with E-state index in [1.165, 1.54) is 12.1 Å². The lowest BCUT2D eigenvalue weighted by molar-refractivity contribution is 0.0955. The topological polar surface area (TPSA) is 64.8 Å². The average Bonchev–Trinajstić information content (AvgIpc) is 3.38. The molecule has 1 heterocycles. The van der Waals surface area contributed by atoms with Crippen molar-refractivity contribution in [3.05, 3.63) is 135 Å². The van der Waals surface area contributed by atoms with Gasteiger partial charge < -0.3 is 14.0 Å². The Morgan fingerprint density at radius 2 is 1.74 bits per heavy atom. The molecule has 212 valence electrons. The van der Waals surface area contributed by atoms with Crippen molar-refractivity contribution in [2.75, 3.05) is 6.61 Å². The van der Waals surface area contributed by atoms with Crippen LogP contribution in [0.2, 0.25) is 0 Å². The number of benzene rings is 4. The van der Waals surface area contributed by atoms with Gasteiger partial charge in [-0.05, 0) is 114 Å². The number of hydrogen-bond donors (Lipinski definition) is 1. The minimum atomic E-state index is -0.319. The lowest BCUT2D eigenvalue weighted by atomic mass is 10.1. The molecule has 5 aromatic rings. The van der Waals surface area contributed by atoms with Crippen molar-refractivity contribution in [1.82, 2.24) is 9.99 Å². The minimum absolute atomic E-state index is 0.202. The van der Waals surface area contributed by atoms with Crippen molar-refractivity contribution in [3.8, 4) is 28.4 Å². The van der Waals surface area contributed by atoms with Crippen molar-refractivity contribution in [1.29, 1.82) is 0 Å². The third kappa shape index (κ3) is 6.88. The van der Waals surface area contributed by atoms with Crippen molar-refractivity contribution >= 4 is 34.7 Å². The van der Waals surface area contributed by atoms with Gasteiger partial charge in [-0.3, -0.25) is 4.79 Å². The fourth-order valence-corrected chi connectivity index (χ4v) is 5.34. The Kier molecular flexibility index (Phi) is 9.33. The van der Waals surface area contributed by atoms with E-state index in [0.717, 1.165) is 37.3 Å². The first kappa shape index (κ1) is 29.1. The second-order valence-corrected chi connectivity index (χ2v) is 10.7. The predicted octanol–water partition coefficient (Wildman–Crippen LogP) is 7.94. The van der Waals surface area contributed by atoms with Crippen LogP contribution in [0.15, 0.2) is 108 Å². The number of hydrogen-bond acceptors (Lipinski definition) is 4. The Hall–Kier alpha value is -4.44. The molecule has 8 heteroatoms. The first-order chi connectivity index (χ1) is 20.4. The van der Waals surface area contributed by atoms with Gasteiger partial charge in [0.25, 0.3) is 5.91 Å². The maximum absolute atomic E-state index is 13.5. The molecule has 0 bridgehead atoms. The molecule has 1 N–H and O–H groups in total. The second kappa shape index (κ2) is 13.5. The van der Waals surface area contributed by atoms with Gasteiger partial charge in [0.05, 0.1) is 22.1 Å². The molecule has 4 aromatic carbocycles. The van der Waals surface area contributed by atoms with E-state index in [4.69, 9.17) is 9.47 Å². The van der Waals surface area contributed by atoms with Crippen LogP contribution in [0.3, 0.4) is 0 Å². The van der Waals surface area contributed by atoms with E-state index in [0.29, 0.717) is 23.7 Å². The zero-order valence-electron chi connectivity index (χ0n) is 23.2. The van der Waals surface area contributed by atoms with Gasteiger partial charge in [-0.1, -0.05) is 42.5 Å². The highest BCUT2D eigenvalue weighted by Crippen LogP contribution is 2.34. The summed E-state index contributed by atoms with van der Waals surface area (Å²) in [6, 6.07) is 31.8. The fourth-order valence-electron chi connectivity index (χ4n) is 4.56. The number of ether oxygens (including phenoxy) is 2. The molecule has 0 unspecified atom stereocenters. The number of amides is 1. The first-order valence-electron chi connectivity index (χ1n) is 13.4. The molecule has 0 atom stereocenters. The van der Waals surface area contributed by atoms with Crippen LogP contribution in [0.4, 0.5) is 4.39 Å². The third-order valence-electron chi connectivity index (χ3n) is 6.52. The van der Waals surface area contributed by atoms with E-state index in [1.807, 2.05) is 43.3 Å². The fraction of sp³-hybridized carbons (Fsp3) is 0.118. The number of hydrazone groups is 1. The van der Waals surface area contributed by atoms with Crippen LogP contribution in [0.25, 0.3) is 16.9 Å². The zero-order chi connectivity index (χ0) is 29.5. The monoisotopic (exact) mass is 673 g/mol. The van der Waals surface area contributed by atoms with Crippen LogP contribution < -0.4 is 14.9 Å². The summed E-state index contributed by atoms with van der Waals surface area (Å²) < 4.78 is 28.3. The van der Waals surface area contributed by atoms with Crippen LogP contribution in [0.5, 0.6) is 11.5 Å². The Bertz CT molecular complexity index is 1720. The summed E-state index contributed by atoms with van der Waals surface area (Å²) in [5.74, 6) is 0.476. The summed E-state index contributed by atoms with van der Waals surface area (Å²) in [5, 5.41) is 4.16. The highest BCUT2D eigenvalue weighted by molar-refractivity contribution is 14.1. The van der Waals surface area contributed by atoms with E-state index < -0.39 is 0 Å². The normalized spacial score (nSPS) is 11.0. The van der Waals surface area contributed by atoms with Gasteiger partial charge >= 0.3 is 0 Å². The number of nitrogens with zero attached hydrogens (tertiary/aromatic N) is 2. The number of carbonyl (C=O) groups is 1. The molecule has 0 saturated heterocycles. The number of aryl methyl sites for hydroxylation is 1. The van der Waals surface area contributed by atoms with E-state index in [1.54, 1.807) is 36.5 Å². The summed E-state index contributed by atoms with van der Waals surface area (Å²) in [7, 11) is 0. The molecule has 0 aliphatic carbocycles. The smallest absolute Gasteiger partial charge is 0.271 e. The van der Waals surface area contributed by atoms with Gasteiger partial charge in [-0.2, -0.15) is 5.10 Å². The van der Waals surface area contributed by atoms with Gasteiger partial charge in [-0.25, -0.2) is 9.82 Å². The van der Waals surface area contributed by atoms with Gasteiger partial charge in [0.15, 0.2) is 11.5 Å². The maximum Gasteiger partial charge on any atom is 0.271 e. The molecule has 0 saturated carbocycles. The lowest BCUT2D eigenvalue weighted by Gasteiger charge is -2.15. The van der Waals surface area contributed by atoms with Crippen LogP contribution in [0, 0.1) is 16.3 Å². The Balaban J connectivity index is 1.26. The summed E-state index contributed by atoms with van der Waals surface area (Å²) in [5.41, 5.74) is 8.81. The number of carbonyl (C=O) groups excluding carboxylic acids is 1. The second-order valence-electron chi connectivity index (χ2n) is 9.49. The molecule has 5 rings (SSSR count). The largest absolute Gasteiger partial charge is 0.490 e. The molecule has 1 amide bonds. The molecule has 0 spiro atoms. The molecular weight excluding hydrogens is 644 g/mol. The van der Waals surface area contributed by atoms with E-state index in [-0.39, 0.29) is 18.3 Å². The summed E-state index contributed by atoms with van der Waals surface area (Å²) in [4.78, 5) is 12.8.